The second-order valence-corrected chi connectivity index (χ2v) is 7.29. The van der Waals surface area contributed by atoms with Crippen molar-refractivity contribution in [2.45, 2.75) is 39.7 Å². The lowest BCUT2D eigenvalue weighted by Gasteiger charge is -2.39. The van der Waals surface area contributed by atoms with Gasteiger partial charge < -0.3 is 15.2 Å². The normalized spacial score (nSPS) is 18.1. The van der Waals surface area contributed by atoms with Gasteiger partial charge in [0.05, 0.1) is 6.61 Å². The highest BCUT2D eigenvalue weighted by Gasteiger charge is 2.39. The number of carbonyl (C=O) groups excluding carboxylic acids is 1. The van der Waals surface area contributed by atoms with Crippen LogP contribution in [0.2, 0.25) is 0 Å². The molecule has 0 radical (unpaired) electrons. The van der Waals surface area contributed by atoms with Gasteiger partial charge in [-0.25, -0.2) is 9.18 Å². The van der Waals surface area contributed by atoms with Gasteiger partial charge in [0.2, 0.25) is 0 Å². The summed E-state index contributed by atoms with van der Waals surface area (Å²) in [5, 5.41) is 0. The van der Waals surface area contributed by atoms with E-state index in [1.807, 2.05) is 51.1 Å². The number of ether oxygens (including phenoxy) is 2. The van der Waals surface area contributed by atoms with Crippen LogP contribution in [-0.2, 0) is 11.2 Å². The summed E-state index contributed by atoms with van der Waals surface area (Å²) in [5.41, 5.74) is 7.94. The van der Waals surface area contributed by atoms with Gasteiger partial charge in [-0.3, -0.25) is 0 Å². The zero-order chi connectivity index (χ0) is 18.9. The molecule has 1 aliphatic carbocycles. The van der Waals surface area contributed by atoms with E-state index in [0.717, 1.165) is 29.7 Å². The second-order valence-electron chi connectivity index (χ2n) is 7.29. The van der Waals surface area contributed by atoms with Crippen LogP contribution in [0.3, 0.4) is 0 Å². The zero-order valence-electron chi connectivity index (χ0n) is 15.3. The quantitative estimate of drug-likeness (QED) is 0.837. The smallest absolute Gasteiger partial charge is 0.405 e. The summed E-state index contributed by atoms with van der Waals surface area (Å²) in [7, 11) is 0. The molecule has 1 aliphatic rings. The van der Waals surface area contributed by atoms with Crippen LogP contribution in [0.15, 0.2) is 36.4 Å². The van der Waals surface area contributed by atoms with Crippen molar-refractivity contribution in [3.8, 4) is 16.9 Å². The van der Waals surface area contributed by atoms with Gasteiger partial charge in [0, 0.05) is 11.0 Å². The number of carbonyl (C=O) groups is 1. The van der Waals surface area contributed by atoms with Crippen molar-refractivity contribution in [2.75, 3.05) is 6.61 Å². The van der Waals surface area contributed by atoms with Crippen LogP contribution >= 0.6 is 0 Å². The first-order valence-electron chi connectivity index (χ1n) is 8.83. The molecule has 1 amide bonds. The molecule has 26 heavy (non-hydrogen) atoms. The molecule has 0 fully saturated rings. The number of nitrogens with two attached hydrogens (primary N) is 1. The Labute approximate surface area is 153 Å². The van der Waals surface area contributed by atoms with Gasteiger partial charge >= 0.3 is 6.09 Å². The maximum absolute atomic E-state index is 14.9. The predicted octanol–water partition coefficient (Wildman–Crippen LogP) is 5.00. The highest BCUT2D eigenvalue weighted by Crippen LogP contribution is 2.47. The van der Waals surface area contributed by atoms with Gasteiger partial charge in [0.1, 0.15) is 17.7 Å². The van der Waals surface area contributed by atoms with E-state index in [1.54, 1.807) is 0 Å². The maximum atomic E-state index is 14.9. The molecule has 2 aromatic carbocycles. The Morgan fingerprint density at radius 3 is 2.58 bits per heavy atom. The Kier molecular flexibility index (Phi) is 4.90. The van der Waals surface area contributed by atoms with Gasteiger partial charge in [-0.15, -0.1) is 0 Å². The monoisotopic (exact) mass is 357 g/mol. The number of rotatable bonds is 4. The zero-order valence-corrected chi connectivity index (χ0v) is 15.3. The molecule has 138 valence electrons. The number of aryl methyl sites for hydroxylation is 1. The highest BCUT2D eigenvalue weighted by atomic mass is 19.1. The second kappa shape index (κ2) is 6.98. The van der Waals surface area contributed by atoms with Crippen LogP contribution in [-0.4, -0.2) is 12.7 Å². The van der Waals surface area contributed by atoms with Crippen molar-refractivity contribution in [3.63, 3.8) is 0 Å². The van der Waals surface area contributed by atoms with Crippen LogP contribution in [0, 0.1) is 11.2 Å². The van der Waals surface area contributed by atoms with E-state index in [4.69, 9.17) is 15.2 Å². The number of halogens is 1. The molecular weight excluding hydrogens is 333 g/mol. The summed E-state index contributed by atoms with van der Waals surface area (Å²) in [6, 6.07) is 10.7. The summed E-state index contributed by atoms with van der Waals surface area (Å²) in [5.74, 6) is 0.412. The highest BCUT2D eigenvalue weighted by molar-refractivity contribution is 5.68. The number of amides is 1. The van der Waals surface area contributed by atoms with Crippen molar-refractivity contribution in [1.82, 2.24) is 0 Å². The van der Waals surface area contributed by atoms with Crippen LogP contribution in [0.4, 0.5) is 9.18 Å². The van der Waals surface area contributed by atoms with E-state index < -0.39 is 12.2 Å². The fourth-order valence-electron chi connectivity index (χ4n) is 3.56. The number of hydrogen-bond acceptors (Lipinski definition) is 3. The molecule has 0 spiro atoms. The molecule has 0 heterocycles. The molecule has 2 aromatic rings. The third-order valence-electron chi connectivity index (χ3n) is 4.97. The largest absolute Gasteiger partial charge is 0.494 e. The summed E-state index contributed by atoms with van der Waals surface area (Å²) in [6.45, 7) is 6.51. The average molecular weight is 357 g/mol. The minimum Gasteiger partial charge on any atom is -0.494 e. The predicted molar refractivity (Wildman–Crippen MR) is 98.5 cm³/mol. The Hall–Kier alpha value is -2.56. The molecule has 0 saturated carbocycles. The van der Waals surface area contributed by atoms with Gasteiger partial charge in [0.15, 0.2) is 0 Å². The van der Waals surface area contributed by atoms with Gasteiger partial charge in [-0.1, -0.05) is 26.0 Å². The molecule has 1 atom stereocenters. The summed E-state index contributed by atoms with van der Waals surface area (Å²) in [4.78, 5) is 11.3. The molecule has 4 nitrogen and oxygen atoms in total. The molecule has 0 aromatic heterocycles. The lowest BCUT2D eigenvalue weighted by molar-refractivity contribution is 0.0145. The minimum absolute atomic E-state index is 0.297. The van der Waals surface area contributed by atoms with Gasteiger partial charge in [0.25, 0.3) is 0 Å². The van der Waals surface area contributed by atoms with E-state index >= 15 is 0 Å². The van der Waals surface area contributed by atoms with Gasteiger partial charge in [-0.05, 0) is 60.7 Å². The summed E-state index contributed by atoms with van der Waals surface area (Å²) < 4.78 is 25.6. The summed E-state index contributed by atoms with van der Waals surface area (Å²) in [6.07, 6.45) is 0.233. The van der Waals surface area contributed by atoms with E-state index in [9.17, 15) is 9.18 Å². The van der Waals surface area contributed by atoms with E-state index in [1.165, 1.54) is 6.07 Å². The number of primary amides is 1. The SMILES string of the molecule is CCOc1ccc(-c2cc3c(cc2F)[C@H](OC(N)=O)C(C)(C)CC3)cc1. The molecule has 3 rings (SSSR count). The average Bonchev–Trinajstić information content (AvgIpc) is 2.58. The first-order chi connectivity index (χ1) is 12.3. The molecule has 0 unspecified atom stereocenters. The fraction of sp³-hybridized carbons (Fsp3) is 0.381. The van der Waals surface area contributed by atoms with Crippen LogP contribution < -0.4 is 10.5 Å². The first-order valence-corrected chi connectivity index (χ1v) is 8.83. The molecule has 0 bridgehead atoms. The van der Waals surface area contributed by atoms with Crippen LogP contribution in [0.5, 0.6) is 5.75 Å². The molecule has 0 saturated heterocycles. The molecular formula is C21H24FNO3. The van der Waals surface area contributed by atoms with E-state index in [0.29, 0.717) is 17.7 Å². The minimum atomic E-state index is -0.841. The van der Waals surface area contributed by atoms with Crippen LogP contribution in [0.25, 0.3) is 11.1 Å². The third kappa shape index (κ3) is 3.52. The topological polar surface area (TPSA) is 61.6 Å². The van der Waals surface area contributed by atoms with Crippen molar-refractivity contribution < 1.29 is 18.7 Å². The van der Waals surface area contributed by atoms with E-state index in [-0.39, 0.29) is 11.2 Å². The lowest BCUT2D eigenvalue weighted by atomic mass is 9.71. The fourth-order valence-corrected chi connectivity index (χ4v) is 3.56. The van der Waals surface area contributed by atoms with Crippen molar-refractivity contribution >= 4 is 6.09 Å². The maximum Gasteiger partial charge on any atom is 0.405 e. The number of hydrogen-bond donors (Lipinski definition) is 1. The first kappa shape index (κ1) is 18.2. The molecule has 0 aliphatic heterocycles. The third-order valence-corrected chi connectivity index (χ3v) is 4.97. The number of fused-ring (bicyclic) bond motifs is 1. The summed E-state index contributed by atoms with van der Waals surface area (Å²) >= 11 is 0. The molecule has 5 heteroatoms. The Bertz CT molecular complexity index is 815. The van der Waals surface area contributed by atoms with Gasteiger partial charge in [-0.2, -0.15) is 0 Å². The Balaban J connectivity index is 2.00. The van der Waals surface area contributed by atoms with Crippen molar-refractivity contribution in [3.05, 3.63) is 53.3 Å². The van der Waals surface area contributed by atoms with Crippen molar-refractivity contribution in [1.29, 1.82) is 0 Å². The van der Waals surface area contributed by atoms with E-state index in [2.05, 4.69) is 0 Å². The Morgan fingerprint density at radius 1 is 1.27 bits per heavy atom. The number of benzene rings is 2. The standard InChI is InChI=1S/C21H24FNO3/c1-4-25-15-7-5-13(6-8-15)16-11-14-9-10-21(2,3)19(26-20(23)24)17(14)12-18(16)22/h5-8,11-12,19H,4,9-10H2,1-3H3,(H2,23,24)/t19-/m0/s1. The van der Waals surface area contributed by atoms with Crippen LogP contribution in [0.1, 0.15) is 44.4 Å². The Morgan fingerprint density at radius 2 is 1.96 bits per heavy atom. The van der Waals surface area contributed by atoms with Crippen molar-refractivity contribution in [2.24, 2.45) is 11.1 Å². The molecule has 2 N–H and O–H groups in total. The lowest BCUT2D eigenvalue weighted by Crippen LogP contribution is -2.33.